The van der Waals surface area contributed by atoms with E-state index in [0.29, 0.717) is 6.04 Å². The van der Waals surface area contributed by atoms with E-state index >= 15 is 0 Å². The van der Waals surface area contributed by atoms with Crippen LogP contribution in [0.4, 0.5) is 0 Å². The standard InChI is InChI=1S/C18H25NO3/c1-19-9-8-18(7-6-17(12-22-17)11-16(18)19)13-4-5-14(20-2)15(10-13)21-3/h4-5,10,16H,6-9,11-12H2,1-3H3. The van der Waals surface area contributed by atoms with Crippen molar-refractivity contribution < 1.29 is 14.2 Å². The van der Waals surface area contributed by atoms with Crippen molar-refractivity contribution in [3.8, 4) is 11.5 Å². The minimum Gasteiger partial charge on any atom is -0.493 e. The van der Waals surface area contributed by atoms with Crippen LogP contribution in [0, 0.1) is 0 Å². The summed E-state index contributed by atoms with van der Waals surface area (Å²) in [5.74, 6) is 1.65. The van der Waals surface area contributed by atoms with Crippen molar-refractivity contribution in [2.75, 3.05) is 34.4 Å². The summed E-state index contributed by atoms with van der Waals surface area (Å²) < 4.78 is 16.7. The number of fused-ring (bicyclic) bond motifs is 1. The van der Waals surface area contributed by atoms with Gasteiger partial charge in [0.25, 0.3) is 0 Å². The first-order valence-corrected chi connectivity index (χ1v) is 8.19. The number of nitrogens with zero attached hydrogens (tertiary/aromatic N) is 1. The minimum absolute atomic E-state index is 0.198. The third kappa shape index (κ3) is 1.97. The van der Waals surface area contributed by atoms with E-state index in [0.717, 1.165) is 31.1 Å². The van der Waals surface area contributed by atoms with Crippen LogP contribution in [-0.4, -0.2) is 51.0 Å². The molecule has 3 fully saturated rings. The SMILES string of the molecule is COc1ccc(C23CCN(C)C2CC2(CC3)CO2)cc1OC. The van der Waals surface area contributed by atoms with E-state index in [1.54, 1.807) is 14.2 Å². The molecule has 0 amide bonds. The van der Waals surface area contributed by atoms with Crippen molar-refractivity contribution in [1.29, 1.82) is 0 Å². The van der Waals surface area contributed by atoms with E-state index in [-0.39, 0.29) is 11.0 Å². The maximum Gasteiger partial charge on any atom is 0.161 e. The number of epoxide rings is 1. The third-order valence-electron chi connectivity index (χ3n) is 6.18. The molecule has 1 spiro atoms. The molecule has 0 aromatic heterocycles. The highest BCUT2D eigenvalue weighted by Gasteiger charge is 2.59. The topological polar surface area (TPSA) is 34.2 Å². The molecular weight excluding hydrogens is 278 g/mol. The molecule has 120 valence electrons. The van der Waals surface area contributed by atoms with Crippen molar-refractivity contribution in [3.05, 3.63) is 23.8 Å². The highest BCUT2D eigenvalue weighted by atomic mass is 16.6. The number of methoxy groups -OCH3 is 2. The fourth-order valence-electron chi connectivity index (χ4n) is 4.66. The van der Waals surface area contributed by atoms with Gasteiger partial charge >= 0.3 is 0 Å². The van der Waals surface area contributed by atoms with Crippen molar-refractivity contribution in [3.63, 3.8) is 0 Å². The molecule has 4 rings (SSSR count). The molecule has 1 aromatic carbocycles. The van der Waals surface area contributed by atoms with Crippen LogP contribution in [0.2, 0.25) is 0 Å². The second-order valence-corrected chi connectivity index (χ2v) is 7.15. The maximum absolute atomic E-state index is 5.78. The first kappa shape index (κ1) is 14.3. The summed E-state index contributed by atoms with van der Waals surface area (Å²) in [5.41, 5.74) is 1.84. The van der Waals surface area contributed by atoms with Gasteiger partial charge in [0.1, 0.15) is 0 Å². The van der Waals surface area contributed by atoms with Gasteiger partial charge in [0, 0.05) is 11.5 Å². The summed E-state index contributed by atoms with van der Waals surface area (Å²) in [6, 6.07) is 7.05. The van der Waals surface area contributed by atoms with Crippen LogP contribution in [0.25, 0.3) is 0 Å². The van der Waals surface area contributed by atoms with Crippen LogP contribution >= 0.6 is 0 Å². The lowest BCUT2D eigenvalue weighted by Gasteiger charge is -2.44. The Bertz CT molecular complexity index is 584. The Balaban J connectivity index is 1.73. The van der Waals surface area contributed by atoms with Crippen molar-refractivity contribution in [2.45, 2.75) is 42.7 Å². The molecule has 1 aliphatic carbocycles. The Labute approximate surface area is 132 Å². The zero-order valence-corrected chi connectivity index (χ0v) is 13.7. The molecule has 3 unspecified atom stereocenters. The van der Waals surface area contributed by atoms with E-state index < -0.39 is 0 Å². The minimum atomic E-state index is 0.198. The van der Waals surface area contributed by atoms with Gasteiger partial charge < -0.3 is 19.1 Å². The maximum atomic E-state index is 5.78. The summed E-state index contributed by atoms with van der Waals surface area (Å²) in [6.07, 6.45) is 4.78. The molecule has 0 bridgehead atoms. The number of likely N-dealkylation sites (tertiary alicyclic amines) is 1. The molecule has 2 saturated heterocycles. The largest absolute Gasteiger partial charge is 0.493 e. The van der Waals surface area contributed by atoms with Gasteiger partial charge in [-0.15, -0.1) is 0 Å². The van der Waals surface area contributed by atoms with Crippen LogP contribution in [0.1, 0.15) is 31.2 Å². The molecule has 0 N–H and O–H groups in total. The molecule has 3 atom stereocenters. The first-order valence-electron chi connectivity index (χ1n) is 8.19. The van der Waals surface area contributed by atoms with Crippen molar-refractivity contribution in [1.82, 2.24) is 4.90 Å². The molecule has 0 radical (unpaired) electrons. The molecule has 1 saturated carbocycles. The highest BCUT2D eigenvalue weighted by Crippen LogP contribution is 2.55. The predicted molar refractivity (Wildman–Crippen MR) is 84.8 cm³/mol. The lowest BCUT2D eigenvalue weighted by molar-refractivity contribution is 0.111. The van der Waals surface area contributed by atoms with Gasteiger partial charge in [0.05, 0.1) is 26.4 Å². The molecule has 1 aromatic rings. The highest BCUT2D eigenvalue weighted by molar-refractivity contribution is 5.46. The quantitative estimate of drug-likeness (QED) is 0.804. The molecule has 3 aliphatic rings. The Morgan fingerprint density at radius 3 is 2.59 bits per heavy atom. The van der Waals surface area contributed by atoms with Crippen molar-refractivity contribution >= 4 is 0 Å². The smallest absolute Gasteiger partial charge is 0.161 e. The van der Waals surface area contributed by atoms with Gasteiger partial charge in [0.2, 0.25) is 0 Å². The Hall–Kier alpha value is -1.26. The Kier molecular flexibility index (Phi) is 3.17. The van der Waals surface area contributed by atoms with Gasteiger partial charge in [-0.3, -0.25) is 0 Å². The second-order valence-electron chi connectivity index (χ2n) is 7.15. The van der Waals surface area contributed by atoms with Gasteiger partial charge in [-0.2, -0.15) is 0 Å². The lowest BCUT2D eigenvalue weighted by Crippen LogP contribution is -2.48. The second kappa shape index (κ2) is 4.87. The van der Waals surface area contributed by atoms with E-state index in [1.807, 2.05) is 0 Å². The summed E-state index contributed by atoms with van der Waals surface area (Å²) in [5, 5.41) is 0. The molecule has 2 heterocycles. The summed E-state index contributed by atoms with van der Waals surface area (Å²) in [4.78, 5) is 2.53. The number of ether oxygens (including phenoxy) is 3. The van der Waals surface area contributed by atoms with Gasteiger partial charge in [0.15, 0.2) is 11.5 Å². The van der Waals surface area contributed by atoms with Gasteiger partial charge in [-0.25, -0.2) is 0 Å². The van der Waals surface area contributed by atoms with E-state index in [2.05, 4.69) is 30.1 Å². The first-order chi connectivity index (χ1) is 10.6. The van der Waals surface area contributed by atoms with Gasteiger partial charge in [-0.05, 0) is 57.0 Å². The molecule has 2 aliphatic heterocycles. The number of hydrogen-bond acceptors (Lipinski definition) is 4. The number of rotatable bonds is 3. The summed E-state index contributed by atoms with van der Waals surface area (Å²) >= 11 is 0. The van der Waals surface area contributed by atoms with E-state index in [9.17, 15) is 0 Å². The number of benzene rings is 1. The summed E-state index contributed by atoms with van der Waals surface area (Å²) in [6.45, 7) is 2.12. The number of hydrogen-bond donors (Lipinski definition) is 0. The van der Waals surface area contributed by atoms with Crippen LogP contribution in [0.15, 0.2) is 18.2 Å². The molecular formula is C18H25NO3. The average Bonchev–Trinajstić information content (AvgIpc) is 3.23. The van der Waals surface area contributed by atoms with Crippen LogP contribution in [-0.2, 0) is 10.2 Å². The molecule has 4 nitrogen and oxygen atoms in total. The number of likely N-dealkylation sites (N-methyl/N-ethyl adjacent to an activating group) is 1. The van der Waals surface area contributed by atoms with Crippen molar-refractivity contribution in [2.24, 2.45) is 0 Å². The normalized spacial score (nSPS) is 37.1. The zero-order chi connectivity index (χ0) is 15.4. The Morgan fingerprint density at radius 2 is 1.91 bits per heavy atom. The average molecular weight is 303 g/mol. The fraction of sp³-hybridized carbons (Fsp3) is 0.667. The monoisotopic (exact) mass is 303 g/mol. The molecule has 22 heavy (non-hydrogen) atoms. The lowest BCUT2D eigenvalue weighted by atomic mass is 9.63. The van der Waals surface area contributed by atoms with E-state index in [1.165, 1.54) is 24.8 Å². The van der Waals surface area contributed by atoms with E-state index in [4.69, 9.17) is 14.2 Å². The zero-order valence-electron chi connectivity index (χ0n) is 13.7. The summed E-state index contributed by atoms with van der Waals surface area (Å²) in [7, 11) is 5.66. The molecule has 4 heteroatoms. The van der Waals surface area contributed by atoms with Gasteiger partial charge in [-0.1, -0.05) is 6.07 Å². The van der Waals surface area contributed by atoms with Crippen LogP contribution in [0.3, 0.4) is 0 Å². The predicted octanol–water partition coefficient (Wildman–Crippen LogP) is 2.60. The fourth-order valence-corrected chi connectivity index (χ4v) is 4.66. The van der Waals surface area contributed by atoms with Crippen LogP contribution < -0.4 is 9.47 Å². The third-order valence-corrected chi connectivity index (χ3v) is 6.18. The Morgan fingerprint density at radius 1 is 1.14 bits per heavy atom. The van der Waals surface area contributed by atoms with Crippen LogP contribution in [0.5, 0.6) is 11.5 Å².